The SMILES string of the molecule is Cc1ccc(-c2[nH]c3cccc(-c4ccccc4)c3c2-c2ccccc2)cc1.O=S(=O)(O)C(F)(F)F. The molecule has 0 aliphatic carbocycles. The van der Waals surface area contributed by atoms with Gasteiger partial charge in [-0.15, -0.1) is 0 Å². The van der Waals surface area contributed by atoms with Crippen LogP contribution in [0.5, 0.6) is 0 Å². The van der Waals surface area contributed by atoms with Crippen molar-refractivity contribution in [3.8, 4) is 33.5 Å². The lowest BCUT2D eigenvalue weighted by Gasteiger charge is -2.09. The largest absolute Gasteiger partial charge is 0.522 e. The summed E-state index contributed by atoms with van der Waals surface area (Å²) in [6.07, 6.45) is 0. The van der Waals surface area contributed by atoms with Crippen LogP contribution < -0.4 is 0 Å². The van der Waals surface area contributed by atoms with Crippen LogP contribution in [-0.2, 0) is 10.1 Å². The molecule has 36 heavy (non-hydrogen) atoms. The highest BCUT2D eigenvalue weighted by Gasteiger charge is 2.44. The number of benzene rings is 4. The number of fused-ring (bicyclic) bond motifs is 1. The fourth-order valence-corrected chi connectivity index (χ4v) is 3.94. The Morgan fingerprint density at radius 1 is 0.694 bits per heavy atom. The standard InChI is InChI=1S/C27H21N.CHF3O3S/c1-19-15-17-22(18-16-19)27-25(21-11-6-3-7-12-21)26-23(13-8-14-24(26)28-27)20-9-4-2-5-10-20;2-1(3,4)8(5,6)7/h2-18,28H,1H3;(H,5,6,7). The Labute approximate surface area is 206 Å². The number of hydrogen-bond acceptors (Lipinski definition) is 2. The van der Waals surface area contributed by atoms with E-state index in [1.165, 1.54) is 44.5 Å². The number of hydrogen-bond donors (Lipinski definition) is 2. The van der Waals surface area contributed by atoms with Gasteiger partial charge in [0.2, 0.25) is 0 Å². The molecule has 0 aliphatic rings. The van der Waals surface area contributed by atoms with E-state index in [0.717, 1.165) is 5.52 Å². The zero-order valence-corrected chi connectivity index (χ0v) is 19.9. The van der Waals surface area contributed by atoms with Crippen molar-refractivity contribution in [3.63, 3.8) is 0 Å². The van der Waals surface area contributed by atoms with E-state index in [9.17, 15) is 13.2 Å². The molecule has 0 atom stereocenters. The van der Waals surface area contributed by atoms with E-state index in [-0.39, 0.29) is 0 Å². The number of alkyl halides is 3. The molecule has 4 nitrogen and oxygen atoms in total. The Morgan fingerprint density at radius 2 is 1.22 bits per heavy atom. The molecule has 0 saturated carbocycles. The number of rotatable bonds is 3. The number of aromatic nitrogens is 1. The molecule has 0 fully saturated rings. The molecule has 4 aromatic carbocycles. The Balaban J connectivity index is 0.000000331. The van der Waals surface area contributed by atoms with Crippen molar-refractivity contribution in [1.82, 2.24) is 4.98 Å². The van der Waals surface area contributed by atoms with Crippen molar-refractivity contribution < 1.29 is 26.1 Å². The summed E-state index contributed by atoms with van der Waals surface area (Å²) in [4.78, 5) is 3.71. The minimum Gasteiger partial charge on any atom is -0.354 e. The quantitative estimate of drug-likeness (QED) is 0.192. The molecular formula is C28H22F3NO3S. The monoisotopic (exact) mass is 509 g/mol. The Morgan fingerprint density at radius 3 is 1.75 bits per heavy atom. The van der Waals surface area contributed by atoms with Crippen molar-refractivity contribution in [3.05, 3.63) is 109 Å². The van der Waals surface area contributed by atoms with Gasteiger partial charge in [0, 0.05) is 16.5 Å². The zero-order valence-electron chi connectivity index (χ0n) is 19.1. The molecule has 5 aromatic rings. The number of H-pyrrole nitrogens is 1. The normalized spacial score (nSPS) is 11.7. The molecule has 0 amide bonds. The Bertz CT molecular complexity index is 1580. The van der Waals surface area contributed by atoms with E-state index >= 15 is 0 Å². The molecule has 0 bridgehead atoms. The van der Waals surface area contributed by atoms with Crippen LogP contribution in [0.2, 0.25) is 0 Å². The molecule has 5 rings (SSSR count). The van der Waals surface area contributed by atoms with Crippen LogP contribution in [0.1, 0.15) is 5.56 Å². The number of aromatic amines is 1. The summed E-state index contributed by atoms with van der Waals surface area (Å²) in [7, 11) is -5.84. The van der Waals surface area contributed by atoms with Crippen molar-refractivity contribution >= 4 is 21.0 Å². The van der Waals surface area contributed by atoms with Crippen molar-refractivity contribution in [2.75, 3.05) is 0 Å². The van der Waals surface area contributed by atoms with E-state index < -0.39 is 15.6 Å². The topological polar surface area (TPSA) is 70.2 Å². The van der Waals surface area contributed by atoms with E-state index in [1.54, 1.807) is 0 Å². The second-order valence-corrected chi connectivity index (χ2v) is 9.54. The van der Waals surface area contributed by atoms with Gasteiger partial charge >= 0.3 is 15.6 Å². The van der Waals surface area contributed by atoms with Crippen LogP contribution >= 0.6 is 0 Å². The van der Waals surface area contributed by atoms with E-state index in [2.05, 4.69) is 115 Å². The van der Waals surface area contributed by atoms with Crippen molar-refractivity contribution in [2.45, 2.75) is 12.4 Å². The molecule has 1 heterocycles. The van der Waals surface area contributed by atoms with Crippen LogP contribution in [0.3, 0.4) is 0 Å². The molecule has 0 unspecified atom stereocenters. The van der Waals surface area contributed by atoms with E-state index in [1.807, 2.05) is 0 Å². The zero-order chi connectivity index (χ0) is 25.9. The highest BCUT2D eigenvalue weighted by molar-refractivity contribution is 7.86. The smallest absolute Gasteiger partial charge is 0.354 e. The highest BCUT2D eigenvalue weighted by Crippen LogP contribution is 2.42. The Kier molecular flexibility index (Phi) is 7.01. The van der Waals surface area contributed by atoms with Crippen molar-refractivity contribution in [1.29, 1.82) is 0 Å². The lowest BCUT2D eigenvalue weighted by Crippen LogP contribution is -2.21. The summed E-state index contributed by atoms with van der Waals surface area (Å²) in [6.45, 7) is 2.13. The van der Waals surface area contributed by atoms with Gasteiger partial charge in [0.15, 0.2) is 0 Å². The number of halogens is 3. The van der Waals surface area contributed by atoms with Gasteiger partial charge in [0.1, 0.15) is 0 Å². The van der Waals surface area contributed by atoms with Gasteiger partial charge in [0.25, 0.3) is 0 Å². The lowest BCUT2D eigenvalue weighted by atomic mass is 9.93. The molecular weight excluding hydrogens is 487 g/mol. The maximum absolute atomic E-state index is 10.7. The molecule has 0 spiro atoms. The minimum atomic E-state index is -5.84. The average Bonchev–Trinajstić information content (AvgIpc) is 3.24. The first-order valence-electron chi connectivity index (χ1n) is 10.9. The summed E-state index contributed by atoms with van der Waals surface area (Å²) in [6, 6.07) is 36.6. The molecule has 8 heteroatoms. The summed E-state index contributed by atoms with van der Waals surface area (Å²) < 4.78 is 57.5. The first kappa shape index (κ1) is 25.2. The second-order valence-electron chi connectivity index (χ2n) is 8.12. The van der Waals surface area contributed by atoms with Gasteiger partial charge in [0.05, 0.1) is 5.69 Å². The van der Waals surface area contributed by atoms with E-state index in [0.29, 0.717) is 0 Å². The molecule has 184 valence electrons. The molecule has 2 N–H and O–H groups in total. The van der Waals surface area contributed by atoms with Crippen LogP contribution in [0.4, 0.5) is 13.2 Å². The van der Waals surface area contributed by atoms with Gasteiger partial charge in [-0.1, -0.05) is 103 Å². The summed E-state index contributed by atoms with van der Waals surface area (Å²) in [5.74, 6) is 0. The van der Waals surface area contributed by atoms with Gasteiger partial charge in [-0.3, -0.25) is 4.55 Å². The third-order valence-corrected chi connectivity index (χ3v) is 6.19. The summed E-state index contributed by atoms with van der Waals surface area (Å²) in [5.41, 5.74) is 4.26. The van der Waals surface area contributed by atoms with Crippen LogP contribution in [-0.4, -0.2) is 23.5 Å². The van der Waals surface area contributed by atoms with E-state index in [4.69, 9.17) is 13.0 Å². The van der Waals surface area contributed by atoms with Crippen LogP contribution in [0, 0.1) is 6.92 Å². The Hall–Kier alpha value is -3.88. The lowest BCUT2D eigenvalue weighted by molar-refractivity contribution is -0.0510. The third kappa shape index (κ3) is 5.35. The second kappa shape index (κ2) is 10.0. The third-order valence-electron chi connectivity index (χ3n) is 5.60. The molecule has 0 saturated heterocycles. The van der Waals surface area contributed by atoms with Gasteiger partial charge in [-0.2, -0.15) is 21.6 Å². The van der Waals surface area contributed by atoms with Gasteiger partial charge in [-0.05, 0) is 35.2 Å². The summed E-state index contributed by atoms with van der Waals surface area (Å²) in [5, 5.41) is 1.27. The highest BCUT2D eigenvalue weighted by atomic mass is 32.2. The fraction of sp³-hybridized carbons (Fsp3) is 0.0714. The predicted octanol–water partition coefficient (Wildman–Crippen LogP) is 7.87. The minimum absolute atomic E-state index is 1.16. The molecule has 1 aromatic heterocycles. The average molecular weight is 510 g/mol. The van der Waals surface area contributed by atoms with Crippen molar-refractivity contribution in [2.24, 2.45) is 0 Å². The molecule has 0 radical (unpaired) electrons. The van der Waals surface area contributed by atoms with Gasteiger partial charge < -0.3 is 4.98 Å². The van der Waals surface area contributed by atoms with Crippen LogP contribution in [0.25, 0.3) is 44.4 Å². The maximum atomic E-state index is 10.7. The fourth-order valence-electron chi connectivity index (χ4n) is 3.94. The molecule has 0 aliphatic heterocycles. The number of aryl methyl sites for hydroxylation is 1. The predicted molar refractivity (Wildman–Crippen MR) is 137 cm³/mol. The first-order valence-corrected chi connectivity index (χ1v) is 12.4. The summed E-state index contributed by atoms with van der Waals surface area (Å²) >= 11 is 0. The van der Waals surface area contributed by atoms with Gasteiger partial charge in [-0.25, -0.2) is 0 Å². The van der Waals surface area contributed by atoms with Crippen LogP contribution in [0.15, 0.2) is 103 Å². The number of nitrogens with one attached hydrogen (secondary N) is 1. The maximum Gasteiger partial charge on any atom is 0.522 e. The first-order chi connectivity index (χ1) is 17.1.